The van der Waals surface area contributed by atoms with E-state index in [1.54, 1.807) is 12.1 Å². The van der Waals surface area contributed by atoms with Crippen molar-refractivity contribution in [2.24, 2.45) is 5.73 Å². The Bertz CT molecular complexity index is 588. The third kappa shape index (κ3) is 3.58. The molecule has 0 aliphatic carbocycles. The highest BCUT2D eigenvalue weighted by Crippen LogP contribution is 2.26. The van der Waals surface area contributed by atoms with Crippen LogP contribution < -0.4 is 10.5 Å². The average Bonchev–Trinajstić information content (AvgIpc) is 2.48. The zero-order chi connectivity index (χ0) is 14.5. The average molecular weight is 338 g/mol. The van der Waals surface area contributed by atoms with E-state index in [1.807, 2.05) is 31.2 Å². The van der Waals surface area contributed by atoms with E-state index >= 15 is 0 Å². The first-order chi connectivity index (χ1) is 9.61. The second kappa shape index (κ2) is 6.86. The van der Waals surface area contributed by atoms with Crippen LogP contribution in [0.3, 0.4) is 0 Å². The summed E-state index contributed by atoms with van der Waals surface area (Å²) in [5, 5.41) is 0. The molecule has 0 saturated heterocycles. The molecule has 0 aromatic heterocycles. The van der Waals surface area contributed by atoms with Crippen molar-refractivity contribution in [2.45, 2.75) is 26.0 Å². The highest BCUT2D eigenvalue weighted by molar-refractivity contribution is 9.10. The van der Waals surface area contributed by atoms with Crippen molar-refractivity contribution in [3.05, 3.63) is 63.9 Å². The van der Waals surface area contributed by atoms with Gasteiger partial charge in [0.2, 0.25) is 0 Å². The van der Waals surface area contributed by atoms with Gasteiger partial charge in [0.15, 0.2) is 0 Å². The summed E-state index contributed by atoms with van der Waals surface area (Å²) in [6.07, 6.45) is 0.850. The van der Waals surface area contributed by atoms with Gasteiger partial charge in [-0.3, -0.25) is 0 Å². The summed E-state index contributed by atoms with van der Waals surface area (Å²) < 4.78 is 19.4. The second-order valence-electron chi connectivity index (χ2n) is 4.59. The van der Waals surface area contributed by atoms with Gasteiger partial charge in [-0.25, -0.2) is 4.39 Å². The van der Waals surface area contributed by atoms with Gasteiger partial charge >= 0.3 is 0 Å². The Morgan fingerprint density at radius 3 is 2.70 bits per heavy atom. The lowest BCUT2D eigenvalue weighted by Gasteiger charge is -2.15. The SMILES string of the molecule is CC[C@@H](N)c1ccccc1OCc1ccc(F)c(Br)c1. The predicted molar refractivity (Wildman–Crippen MR) is 82.1 cm³/mol. The molecule has 2 N–H and O–H groups in total. The van der Waals surface area contributed by atoms with Gasteiger partial charge in [-0.2, -0.15) is 0 Å². The van der Waals surface area contributed by atoms with Gasteiger partial charge in [-0.05, 0) is 46.1 Å². The first kappa shape index (κ1) is 15.0. The van der Waals surface area contributed by atoms with E-state index in [4.69, 9.17) is 10.5 Å². The van der Waals surface area contributed by atoms with Gasteiger partial charge in [0.25, 0.3) is 0 Å². The van der Waals surface area contributed by atoms with Gasteiger partial charge in [-0.1, -0.05) is 31.2 Å². The lowest BCUT2D eigenvalue weighted by molar-refractivity contribution is 0.300. The van der Waals surface area contributed by atoms with Crippen LogP contribution in [0.15, 0.2) is 46.9 Å². The fourth-order valence-corrected chi connectivity index (χ4v) is 2.35. The summed E-state index contributed by atoms with van der Waals surface area (Å²) in [5.41, 5.74) is 7.97. The number of halogens is 2. The number of benzene rings is 2. The van der Waals surface area contributed by atoms with Crippen LogP contribution in [0, 0.1) is 5.82 Å². The molecule has 2 nitrogen and oxygen atoms in total. The molecular weight excluding hydrogens is 321 g/mol. The molecule has 0 unspecified atom stereocenters. The fourth-order valence-electron chi connectivity index (χ4n) is 1.93. The highest BCUT2D eigenvalue weighted by atomic mass is 79.9. The smallest absolute Gasteiger partial charge is 0.137 e. The quantitative estimate of drug-likeness (QED) is 0.866. The summed E-state index contributed by atoms with van der Waals surface area (Å²) in [7, 11) is 0. The number of ether oxygens (including phenoxy) is 1. The first-order valence-electron chi connectivity index (χ1n) is 6.53. The predicted octanol–water partition coefficient (Wildman–Crippen LogP) is 4.58. The molecule has 0 aliphatic rings. The molecule has 0 amide bonds. The molecule has 1 atom stereocenters. The van der Waals surface area contributed by atoms with Crippen molar-refractivity contribution in [3.8, 4) is 5.75 Å². The van der Waals surface area contributed by atoms with Crippen molar-refractivity contribution in [1.29, 1.82) is 0 Å². The largest absolute Gasteiger partial charge is 0.489 e. The maximum Gasteiger partial charge on any atom is 0.137 e. The number of hydrogen-bond donors (Lipinski definition) is 1. The zero-order valence-corrected chi connectivity index (χ0v) is 12.9. The van der Waals surface area contributed by atoms with Crippen molar-refractivity contribution in [1.82, 2.24) is 0 Å². The summed E-state index contributed by atoms with van der Waals surface area (Å²) in [4.78, 5) is 0. The second-order valence-corrected chi connectivity index (χ2v) is 5.44. The van der Waals surface area contributed by atoms with Crippen LogP contribution in [0.5, 0.6) is 5.75 Å². The van der Waals surface area contributed by atoms with E-state index in [2.05, 4.69) is 15.9 Å². The molecule has 20 heavy (non-hydrogen) atoms. The number of para-hydroxylation sites is 1. The van der Waals surface area contributed by atoms with Crippen LogP contribution in [0.1, 0.15) is 30.5 Å². The lowest BCUT2D eigenvalue weighted by atomic mass is 10.0. The summed E-state index contributed by atoms with van der Waals surface area (Å²) >= 11 is 3.17. The Balaban J connectivity index is 2.12. The van der Waals surface area contributed by atoms with Crippen molar-refractivity contribution < 1.29 is 9.13 Å². The monoisotopic (exact) mass is 337 g/mol. The number of hydrogen-bond acceptors (Lipinski definition) is 2. The molecule has 0 spiro atoms. The Morgan fingerprint density at radius 2 is 2.00 bits per heavy atom. The zero-order valence-electron chi connectivity index (χ0n) is 11.3. The maximum absolute atomic E-state index is 13.2. The van der Waals surface area contributed by atoms with E-state index < -0.39 is 0 Å². The molecule has 0 heterocycles. The molecule has 2 aromatic carbocycles. The van der Waals surface area contributed by atoms with Gasteiger partial charge in [-0.15, -0.1) is 0 Å². The normalized spacial score (nSPS) is 12.2. The Labute approximate surface area is 126 Å². The molecule has 2 aromatic rings. The Hall–Kier alpha value is -1.39. The van der Waals surface area contributed by atoms with Crippen LogP contribution >= 0.6 is 15.9 Å². The van der Waals surface area contributed by atoms with Crippen LogP contribution in [-0.4, -0.2) is 0 Å². The van der Waals surface area contributed by atoms with Crippen LogP contribution in [0.4, 0.5) is 4.39 Å². The lowest BCUT2D eigenvalue weighted by Crippen LogP contribution is -2.10. The maximum atomic E-state index is 13.2. The third-order valence-corrected chi connectivity index (χ3v) is 3.74. The molecular formula is C16H17BrFNO. The Morgan fingerprint density at radius 1 is 1.25 bits per heavy atom. The minimum Gasteiger partial charge on any atom is -0.489 e. The number of rotatable bonds is 5. The number of nitrogens with two attached hydrogens (primary N) is 1. The molecule has 2 rings (SSSR count). The van der Waals surface area contributed by atoms with Crippen LogP contribution in [0.25, 0.3) is 0 Å². The fraction of sp³-hybridized carbons (Fsp3) is 0.250. The standard InChI is InChI=1S/C16H17BrFNO/c1-2-15(19)12-5-3-4-6-16(12)20-10-11-7-8-14(18)13(17)9-11/h3-9,15H,2,10,19H2,1H3/t15-/m1/s1. The van der Waals surface area contributed by atoms with Gasteiger partial charge in [0, 0.05) is 11.6 Å². The van der Waals surface area contributed by atoms with Crippen molar-refractivity contribution >= 4 is 15.9 Å². The Kier molecular flexibility index (Phi) is 5.15. The van der Waals surface area contributed by atoms with Crippen molar-refractivity contribution in [2.75, 3.05) is 0 Å². The van der Waals surface area contributed by atoms with Crippen molar-refractivity contribution in [3.63, 3.8) is 0 Å². The van der Waals surface area contributed by atoms with Crippen LogP contribution in [0.2, 0.25) is 0 Å². The molecule has 106 valence electrons. The first-order valence-corrected chi connectivity index (χ1v) is 7.32. The van der Waals surface area contributed by atoms with E-state index in [0.717, 1.165) is 23.3 Å². The summed E-state index contributed by atoms with van der Waals surface area (Å²) in [6.45, 7) is 2.42. The summed E-state index contributed by atoms with van der Waals surface area (Å²) in [6, 6.07) is 12.6. The van der Waals surface area contributed by atoms with Gasteiger partial charge in [0.1, 0.15) is 18.2 Å². The third-order valence-electron chi connectivity index (χ3n) is 3.14. The minimum atomic E-state index is -0.276. The van der Waals surface area contributed by atoms with E-state index in [9.17, 15) is 4.39 Å². The van der Waals surface area contributed by atoms with Gasteiger partial charge in [0.05, 0.1) is 4.47 Å². The molecule has 0 fully saturated rings. The summed E-state index contributed by atoms with van der Waals surface area (Å²) in [5.74, 6) is 0.504. The van der Waals surface area contributed by atoms with E-state index in [0.29, 0.717) is 11.1 Å². The topological polar surface area (TPSA) is 35.2 Å². The molecule has 0 radical (unpaired) electrons. The van der Waals surface area contributed by atoms with E-state index in [1.165, 1.54) is 6.07 Å². The molecule has 0 saturated carbocycles. The van der Waals surface area contributed by atoms with E-state index in [-0.39, 0.29) is 11.9 Å². The molecule has 0 aliphatic heterocycles. The molecule has 4 heteroatoms. The van der Waals surface area contributed by atoms with Gasteiger partial charge < -0.3 is 10.5 Å². The molecule has 0 bridgehead atoms. The van der Waals surface area contributed by atoms with Crippen LogP contribution in [-0.2, 0) is 6.61 Å². The highest BCUT2D eigenvalue weighted by Gasteiger charge is 2.10. The minimum absolute atomic E-state index is 0.0360.